The Morgan fingerprint density at radius 1 is 1.27 bits per heavy atom. The first-order valence-corrected chi connectivity index (χ1v) is 8.39. The standard InChI is InChI=1S/C18H17N3O5/c1-10-7-15(20-26-10)19-16(22)11-4-5-13-14(8-11)18(24)21(17(13)23)9-12-3-2-6-25-12/h4-5,7-8,12H,2-3,6,9H2,1H3,(H,19,20,22). The molecule has 8 nitrogen and oxygen atoms in total. The van der Waals surface area contributed by atoms with Crippen LogP contribution in [0.25, 0.3) is 0 Å². The lowest BCUT2D eigenvalue weighted by molar-refractivity contribution is 0.0475. The van der Waals surface area contributed by atoms with E-state index in [1.165, 1.54) is 23.1 Å². The molecule has 8 heteroatoms. The molecule has 1 aromatic carbocycles. The summed E-state index contributed by atoms with van der Waals surface area (Å²) in [6.45, 7) is 2.61. The van der Waals surface area contributed by atoms with Gasteiger partial charge < -0.3 is 14.6 Å². The quantitative estimate of drug-likeness (QED) is 0.842. The Kier molecular flexibility index (Phi) is 4.04. The number of ether oxygens (including phenoxy) is 1. The number of amides is 3. The molecule has 1 N–H and O–H groups in total. The third kappa shape index (κ3) is 2.88. The van der Waals surface area contributed by atoms with Gasteiger partial charge in [0.2, 0.25) is 0 Å². The van der Waals surface area contributed by atoms with Crippen LogP contribution in [-0.4, -0.2) is 47.0 Å². The van der Waals surface area contributed by atoms with Gasteiger partial charge in [0.05, 0.1) is 23.8 Å². The van der Waals surface area contributed by atoms with E-state index in [1.807, 2.05) is 0 Å². The highest BCUT2D eigenvalue weighted by atomic mass is 16.5. The third-order valence-corrected chi connectivity index (χ3v) is 4.51. The lowest BCUT2D eigenvalue weighted by Crippen LogP contribution is -2.36. The number of fused-ring (bicyclic) bond motifs is 1. The van der Waals surface area contributed by atoms with E-state index in [0.29, 0.717) is 17.9 Å². The minimum atomic E-state index is -0.432. The number of carbonyl (C=O) groups excluding carboxylic acids is 3. The van der Waals surface area contributed by atoms with Crippen molar-refractivity contribution in [2.24, 2.45) is 0 Å². The summed E-state index contributed by atoms with van der Waals surface area (Å²) in [6, 6.07) is 6.05. The molecule has 3 heterocycles. The fourth-order valence-corrected chi connectivity index (χ4v) is 3.20. The molecule has 2 aliphatic rings. The molecule has 26 heavy (non-hydrogen) atoms. The number of carbonyl (C=O) groups is 3. The Bertz CT molecular complexity index is 898. The molecule has 134 valence electrons. The van der Waals surface area contributed by atoms with Crippen LogP contribution in [0.1, 0.15) is 49.7 Å². The van der Waals surface area contributed by atoms with Crippen LogP contribution in [0, 0.1) is 6.92 Å². The number of hydrogen-bond donors (Lipinski definition) is 1. The van der Waals surface area contributed by atoms with Gasteiger partial charge in [0, 0.05) is 18.2 Å². The predicted molar refractivity (Wildman–Crippen MR) is 90.0 cm³/mol. The van der Waals surface area contributed by atoms with Crippen LogP contribution in [0.15, 0.2) is 28.8 Å². The zero-order valence-electron chi connectivity index (χ0n) is 14.2. The Balaban J connectivity index is 1.54. The molecule has 0 saturated carbocycles. The van der Waals surface area contributed by atoms with Gasteiger partial charge in [-0.1, -0.05) is 5.16 Å². The van der Waals surface area contributed by atoms with Crippen LogP contribution in [0.5, 0.6) is 0 Å². The maximum absolute atomic E-state index is 12.6. The van der Waals surface area contributed by atoms with Gasteiger partial charge in [-0.25, -0.2) is 0 Å². The van der Waals surface area contributed by atoms with Gasteiger partial charge in [-0.3, -0.25) is 19.3 Å². The number of aromatic nitrogens is 1. The Hall–Kier alpha value is -3.00. The van der Waals surface area contributed by atoms with Crippen molar-refractivity contribution in [3.63, 3.8) is 0 Å². The second-order valence-electron chi connectivity index (χ2n) is 6.39. The lowest BCUT2D eigenvalue weighted by Gasteiger charge is -2.17. The van der Waals surface area contributed by atoms with Crippen molar-refractivity contribution >= 4 is 23.5 Å². The van der Waals surface area contributed by atoms with Gasteiger partial charge in [0.25, 0.3) is 17.7 Å². The smallest absolute Gasteiger partial charge is 0.261 e. The summed E-state index contributed by atoms with van der Waals surface area (Å²) >= 11 is 0. The zero-order chi connectivity index (χ0) is 18.3. The maximum atomic E-state index is 12.6. The summed E-state index contributed by atoms with van der Waals surface area (Å²) in [5.74, 6) is -0.318. The van der Waals surface area contributed by atoms with E-state index < -0.39 is 11.8 Å². The highest BCUT2D eigenvalue weighted by molar-refractivity contribution is 6.22. The van der Waals surface area contributed by atoms with Crippen LogP contribution in [0.4, 0.5) is 5.82 Å². The number of imide groups is 1. The number of anilines is 1. The largest absolute Gasteiger partial charge is 0.376 e. The molecule has 3 amide bonds. The van der Waals surface area contributed by atoms with E-state index in [-0.39, 0.29) is 35.5 Å². The van der Waals surface area contributed by atoms with Gasteiger partial charge in [-0.2, -0.15) is 0 Å². The second-order valence-corrected chi connectivity index (χ2v) is 6.39. The average Bonchev–Trinajstić information content (AvgIpc) is 3.33. The van der Waals surface area contributed by atoms with E-state index in [4.69, 9.17) is 9.26 Å². The van der Waals surface area contributed by atoms with Crippen molar-refractivity contribution in [3.8, 4) is 0 Å². The monoisotopic (exact) mass is 355 g/mol. The molecule has 2 aromatic rings. The number of nitrogens with zero attached hydrogens (tertiary/aromatic N) is 2. The molecule has 0 aliphatic carbocycles. The maximum Gasteiger partial charge on any atom is 0.261 e. The van der Waals surface area contributed by atoms with E-state index >= 15 is 0 Å². The summed E-state index contributed by atoms with van der Waals surface area (Å²) in [5, 5.41) is 6.29. The molecule has 0 bridgehead atoms. The fourth-order valence-electron chi connectivity index (χ4n) is 3.20. The molecule has 0 radical (unpaired) electrons. The molecule has 1 fully saturated rings. The Labute approximate surface area is 149 Å². The van der Waals surface area contributed by atoms with Crippen LogP contribution in [-0.2, 0) is 4.74 Å². The number of benzene rings is 1. The van der Waals surface area contributed by atoms with Crippen LogP contribution in [0.3, 0.4) is 0 Å². The molecule has 1 aromatic heterocycles. The molecule has 1 saturated heterocycles. The van der Waals surface area contributed by atoms with Crippen LogP contribution in [0.2, 0.25) is 0 Å². The minimum absolute atomic E-state index is 0.115. The average molecular weight is 355 g/mol. The highest BCUT2D eigenvalue weighted by Gasteiger charge is 2.37. The molecule has 2 aliphatic heterocycles. The first-order valence-electron chi connectivity index (χ1n) is 8.39. The topological polar surface area (TPSA) is 102 Å². The van der Waals surface area contributed by atoms with Crippen molar-refractivity contribution in [2.45, 2.75) is 25.9 Å². The molecule has 1 unspecified atom stereocenters. The summed E-state index contributed by atoms with van der Waals surface area (Å²) < 4.78 is 10.4. The molecule has 4 rings (SSSR count). The lowest BCUT2D eigenvalue weighted by atomic mass is 10.1. The Morgan fingerprint density at radius 3 is 2.77 bits per heavy atom. The summed E-state index contributed by atoms with van der Waals surface area (Å²) in [5.41, 5.74) is 0.809. The number of nitrogens with one attached hydrogen (secondary N) is 1. The normalized spacial score (nSPS) is 19.1. The van der Waals surface area contributed by atoms with Crippen molar-refractivity contribution < 1.29 is 23.6 Å². The first-order chi connectivity index (χ1) is 12.5. The van der Waals surface area contributed by atoms with Gasteiger partial charge in [0.1, 0.15) is 5.76 Å². The van der Waals surface area contributed by atoms with E-state index in [2.05, 4.69) is 10.5 Å². The number of hydrogen-bond acceptors (Lipinski definition) is 6. The van der Waals surface area contributed by atoms with Gasteiger partial charge in [-0.15, -0.1) is 0 Å². The highest BCUT2D eigenvalue weighted by Crippen LogP contribution is 2.26. The van der Waals surface area contributed by atoms with Gasteiger partial charge in [-0.05, 0) is 38.0 Å². The summed E-state index contributed by atoms with van der Waals surface area (Å²) in [7, 11) is 0. The van der Waals surface area contributed by atoms with Crippen LogP contribution >= 0.6 is 0 Å². The van der Waals surface area contributed by atoms with E-state index in [1.54, 1.807) is 13.0 Å². The van der Waals surface area contributed by atoms with E-state index in [9.17, 15) is 14.4 Å². The second kappa shape index (κ2) is 6.38. The van der Waals surface area contributed by atoms with Crippen molar-refractivity contribution in [1.82, 2.24) is 10.1 Å². The van der Waals surface area contributed by atoms with E-state index in [0.717, 1.165) is 12.8 Å². The number of rotatable bonds is 4. The van der Waals surface area contributed by atoms with Crippen molar-refractivity contribution in [3.05, 3.63) is 46.7 Å². The fraction of sp³-hybridized carbons (Fsp3) is 0.333. The van der Waals surface area contributed by atoms with Gasteiger partial charge in [0.15, 0.2) is 5.82 Å². The molecule has 1 atom stereocenters. The third-order valence-electron chi connectivity index (χ3n) is 4.51. The van der Waals surface area contributed by atoms with Gasteiger partial charge >= 0.3 is 0 Å². The molecular weight excluding hydrogens is 338 g/mol. The van der Waals surface area contributed by atoms with Crippen molar-refractivity contribution in [2.75, 3.05) is 18.5 Å². The summed E-state index contributed by atoms with van der Waals surface area (Å²) in [4.78, 5) is 38.7. The van der Waals surface area contributed by atoms with Crippen LogP contribution < -0.4 is 5.32 Å². The first kappa shape index (κ1) is 16.5. The molecular formula is C18H17N3O5. The predicted octanol–water partition coefficient (Wildman–Crippen LogP) is 2.01. The Morgan fingerprint density at radius 2 is 2.08 bits per heavy atom. The SMILES string of the molecule is Cc1cc(NC(=O)c2ccc3c(c2)C(=O)N(CC2CCCO2)C3=O)no1. The zero-order valence-corrected chi connectivity index (χ0v) is 14.2. The number of aryl methyl sites for hydroxylation is 1. The molecule has 0 spiro atoms. The van der Waals surface area contributed by atoms with Crippen molar-refractivity contribution in [1.29, 1.82) is 0 Å². The minimum Gasteiger partial charge on any atom is -0.376 e. The summed E-state index contributed by atoms with van der Waals surface area (Å²) in [6.07, 6.45) is 1.65.